The molecule has 1 saturated heterocycles. The van der Waals surface area contributed by atoms with E-state index in [1.807, 2.05) is 0 Å². The number of ether oxygens (including phenoxy) is 1. The van der Waals surface area contributed by atoms with Crippen molar-refractivity contribution in [3.05, 3.63) is 0 Å². The Morgan fingerprint density at radius 2 is 1.74 bits per heavy atom. The van der Waals surface area contributed by atoms with Gasteiger partial charge in [0.1, 0.15) is 0 Å². The highest BCUT2D eigenvalue weighted by atomic mass is 16.5. The molecule has 108 valence electrons. The summed E-state index contributed by atoms with van der Waals surface area (Å²) in [4.78, 5) is 0. The molecule has 2 unspecified atom stereocenters. The van der Waals surface area contributed by atoms with Crippen molar-refractivity contribution >= 4 is 0 Å². The molecule has 0 aromatic heterocycles. The Balaban J connectivity index is 1.52. The molecule has 0 bridgehead atoms. The average Bonchev–Trinajstić information content (AvgIpc) is 3.37. The minimum Gasteiger partial charge on any atom is -0.377 e. The summed E-state index contributed by atoms with van der Waals surface area (Å²) < 4.78 is 6.26. The van der Waals surface area contributed by atoms with Crippen LogP contribution in [-0.2, 0) is 4.74 Å². The van der Waals surface area contributed by atoms with E-state index in [2.05, 4.69) is 5.32 Å². The van der Waals surface area contributed by atoms with Gasteiger partial charge in [-0.25, -0.2) is 0 Å². The molecular formula is C17H29NO. The summed E-state index contributed by atoms with van der Waals surface area (Å²) >= 11 is 0. The zero-order valence-electron chi connectivity index (χ0n) is 12.2. The van der Waals surface area contributed by atoms with E-state index in [1.54, 1.807) is 0 Å². The van der Waals surface area contributed by atoms with Crippen LogP contribution in [0.15, 0.2) is 0 Å². The summed E-state index contributed by atoms with van der Waals surface area (Å²) in [5, 5.41) is 3.87. The lowest BCUT2D eigenvalue weighted by atomic mass is 9.64. The van der Waals surface area contributed by atoms with Crippen LogP contribution < -0.4 is 5.32 Å². The lowest BCUT2D eigenvalue weighted by Crippen LogP contribution is -2.48. The average molecular weight is 263 g/mol. The highest BCUT2D eigenvalue weighted by Crippen LogP contribution is 2.54. The lowest BCUT2D eigenvalue weighted by molar-refractivity contribution is -0.0114. The van der Waals surface area contributed by atoms with Crippen LogP contribution in [0, 0.1) is 17.3 Å². The first-order valence-electron chi connectivity index (χ1n) is 8.73. The second-order valence-electron chi connectivity index (χ2n) is 7.60. The van der Waals surface area contributed by atoms with Gasteiger partial charge < -0.3 is 10.1 Å². The van der Waals surface area contributed by atoms with Crippen molar-refractivity contribution in [2.45, 2.75) is 76.4 Å². The molecule has 0 spiro atoms. The molecule has 4 aliphatic rings. The zero-order valence-corrected chi connectivity index (χ0v) is 12.2. The van der Waals surface area contributed by atoms with Crippen molar-refractivity contribution in [3.8, 4) is 0 Å². The Morgan fingerprint density at radius 1 is 0.947 bits per heavy atom. The molecule has 0 aromatic rings. The Labute approximate surface area is 117 Å². The molecule has 1 aliphatic heterocycles. The number of rotatable bonds is 5. The molecule has 2 atom stereocenters. The first-order chi connectivity index (χ1) is 9.38. The normalized spacial score (nSPS) is 40.7. The minimum atomic E-state index is 0.504. The van der Waals surface area contributed by atoms with Crippen molar-refractivity contribution in [2.24, 2.45) is 17.3 Å². The second-order valence-corrected chi connectivity index (χ2v) is 7.60. The summed E-state index contributed by atoms with van der Waals surface area (Å²) in [6, 6.07) is 0.848. The van der Waals surface area contributed by atoms with Crippen molar-refractivity contribution in [3.63, 3.8) is 0 Å². The van der Waals surface area contributed by atoms with E-state index in [0.29, 0.717) is 11.5 Å². The Bertz CT molecular complexity index is 317. The van der Waals surface area contributed by atoms with Crippen molar-refractivity contribution in [2.75, 3.05) is 13.2 Å². The Hall–Kier alpha value is -0.0800. The van der Waals surface area contributed by atoms with Crippen LogP contribution in [0.4, 0.5) is 0 Å². The van der Waals surface area contributed by atoms with E-state index in [0.717, 1.165) is 24.5 Å². The molecule has 0 amide bonds. The molecule has 4 fully saturated rings. The highest BCUT2D eigenvalue weighted by Gasteiger charge is 2.54. The maximum atomic E-state index is 6.26. The molecule has 0 radical (unpaired) electrons. The minimum absolute atomic E-state index is 0.504. The van der Waals surface area contributed by atoms with Gasteiger partial charge in [-0.2, -0.15) is 0 Å². The van der Waals surface area contributed by atoms with Crippen LogP contribution in [0.1, 0.15) is 64.2 Å². The summed E-state index contributed by atoms with van der Waals surface area (Å²) in [7, 11) is 0. The van der Waals surface area contributed by atoms with Gasteiger partial charge in [-0.1, -0.05) is 19.3 Å². The monoisotopic (exact) mass is 263 g/mol. The van der Waals surface area contributed by atoms with Crippen molar-refractivity contribution in [1.82, 2.24) is 5.32 Å². The number of hydrogen-bond donors (Lipinski definition) is 1. The van der Waals surface area contributed by atoms with E-state index in [1.165, 1.54) is 70.8 Å². The molecule has 1 heterocycles. The summed E-state index contributed by atoms with van der Waals surface area (Å²) in [6.45, 7) is 2.29. The van der Waals surface area contributed by atoms with Crippen molar-refractivity contribution in [1.29, 1.82) is 0 Å². The summed E-state index contributed by atoms with van der Waals surface area (Å²) in [6.07, 6.45) is 15.0. The Kier molecular flexibility index (Phi) is 3.35. The third kappa shape index (κ3) is 2.47. The second kappa shape index (κ2) is 5.04. The SMILES string of the molecule is C1CCC(C2(CNC3CC3)CCOC2C2CC2)CC1. The van der Waals surface area contributed by atoms with Gasteiger partial charge in [0, 0.05) is 24.6 Å². The van der Waals surface area contributed by atoms with Gasteiger partial charge in [-0.05, 0) is 56.8 Å². The Morgan fingerprint density at radius 3 is 2.42 bits per heavy atom. The van der Waals surface area contributed by atoms with Gasteiger partial charge >= 0.3 is 0 Å². The van der Waals surface area contributed by atoms with Crippen LogP contribution in [-0.4, -0.2) is 25.3 Å². The summed E-state index contributed by atoms with van der Waals surface area (Å²) in [5.74, 6) is 1.85. The van der Waals surface area contributed by atoms with E-state index in [-0.39, 0.29) is 0 Å². The quantitative estimate of drug-likeness (QED) is 0.819. The topological polar surface area (TPSA) is 21.3 Å². The standard InChI is InChI=1S/C17H29NO/c1-2-4-14(5-3-1)17(12-18-15-8-9-15)10-11-19-16(17)13-6-7-13/h13-16,18H,1-12H2. The van der Waals surface area contributed by atoms with Gasteiger partial charge in [0.25, 0.3) is 0 Å². The molecule has 3 saturated carbocycles. The zero-order chi connectivity index (χ0) is 12.7. The molecule has 4 rings (SSSR count). The first-order valence-corrected chi connectivity index (χ1v) is 8.73. The lowest BCUT2D eigenvalue weighted by Gasteiger charge is -2.43. The van der Waals surface area contributed by atoms with Crippen LogP contribution in [0.5, 0.6) is 0 Å². The molecule has 3 aliphatic carbocycles. The van der Waals surface area contributed by atoms with E-state index < -0.39 is 0 Å². The molecule has 2 nitrogen and oxygen atoms in total. The van der Waals surface area contributed by atoms with Gasteiger partial charge in [0.2, 0.25) is 0 Å². The predicted molar refractivity (Wildman–Crippen MR) is 77.1 cm³/mol. The maximum Gasteiger partial charge on any atom is 0.0675 e. The molecule has 1 N–H and O–H groups in total. The number of nitrogens with one attached hydrogen (secondary N) is 1. The third-order valence-corrected chi connectivity index (χ3v) is 6.20. The fraction of sp³-hybridized carbons (Fsp3) is 1.00. The first kappa shape index (κ1) is 12.6. The largest absolute Gasteiger partial charge is 0.377 e. The van der Waals surface area contributed by atoms with E-state index in [9.17, 15) is 0 Å². The molecular weight excluding hydrogens is 234 g/mol. The van der Waals surface area contributed by atoms with E-state index in [4.69, 9.17) is 4.74 Å². The fourth-order valence-corrected chi connectivity index (χ4v) is 4.76. The van der Waals surface area contributed by atoms with Crippen LogP contribution >= 0.6 is 0 Å². The van der Waals surface area contributed by atoms with Crippen LogP contribution in [0.2, 0.25) is 0 Å². The van der Waals surface area contributed by atoms with Gasteiger partial charge in [0.05, 0.1) is 6.10 Å². The smallest absolute Gasteiger partial charge is 0.0675 e. The van der Waals surface area contributed by atoms with Crippen LogP contribution in [0.25, 0.3) is 0 Å². The predicted octanol–water partition coefficient (Wildman–Crippen LogP) is 3.50. The number of hydrogen-bond acceptors (Lipinski definition) is 2. The van der Waals surface area contributed by atoms with E-state index >= 15 is 0 Å². The van der Waals surface area contributed by atoms with Gasteiger partial charge in [-0.3, -0.25) is 0 Å². The van der Waals surface area contributed by atoms with Gasteiger partial charge in [-0.15, -0.1) is 0 Å². The molecule has 19 heavy (non-hydrogen) atoms. The highest BCUT2D eigenvalue weighted by molar-refractivity contribution is 5.05. The van der Waals surface area contributed by atoms with Gasteiger partial charge in [0.15, 0.2) is 0 Å². The molecule has 2 heteroatoms. The van der Waals surface area contributed by atoms with Crippen LogP contribution in [0.3, 0.4) is 0 Å². The van der Waals surface area contributed by atoms with Crippen molar-refractivity contribution < 1.29 is 4.74 Å². The maximum absolute atomic E-state index is 6.26. The summed E-state index contributed by atoms with van der Waals surface area (Å²) in [5.41, 5.74) is 0.504. The third-order valence-electron chi connectivity index (χ3n) is 6.20. The molecule has 0 aromatic carbocycles. The fourth-order valence-electron chi connectivity index (χ4n) is 4.76.